The molecule has 0 spiro atoms. The van der Waals surface area contributed by atoms with Gasteiger partial charge in [-0.15, -0.1) is 0 Å². The molecule has 8 nitrogen and oxygen atoms in total. The van der Waals surface area contributed by atoms with Crippen molar-refractivity contribution in [3.8, 4) is 5.69 Å². The number of Topliss-reactive ketones (excluding diaryl/α,β-unsaturated/α-hetero) is 1. The highest BCUT2D eigenvalue weighted by Gasteiger charge is 2.27. The van der Waals surface area contributed by atoms with E-state index in [-0.39, 0.29) is 12.1 Å². The predicted molar refractivity (Wildman–Crippen MR) is 98.3 cm³/mol. The quantitative estimate of drug-likeness (QED) is 0.538. The van der Waals surface area contributed by atoms with Gasteiger partial charge in [-0.25, -0.2) is 4.68 Å². The lowest BCUT2D eigenvalue weighted by atomic mass is 10.0. The maximum absolute atomic E-state index is 12.8. The number of rotatable bonds is 7. The first kappa shape index (κ1) is 18.1. The van der Waals surface area contributed by atoms with Crippen LogP contribution in [0.15, 0.2) is 54.9 Å². The molecule has 1 atom stereocenters. The number of carbonyl (C=O) groups excluding carboxylic acids is 3. The average molecular weight is 365 g/mol. The van der Waals surface area contributed by atoms with Crippen LogP contribution in [0, 0.1) is 6.92 Å². The molecule has 0 aliphatic carbocycles. The fourth-order valence-electron chi connectivity index (χ4n) is 2.77. The van der Waals surface area contributed by atoms with Gasteiger partial charge in [-0.3, -0.25) is 14.4 Å². The first-order valence-corrected chi connectivity index (χ1v) is 8.34. The second kappa shape index (κ2) is 7.69. The number of hydrogen-bond donors (Lipinski definition) is 3. The molecule has 0 radical (unpaired) electrons. The van der Waals surface area contributed by atoms with Crippen molar-refractivity contribution in [2.24, 2.45) is 5.73 Å². The Kier molecular flexibility index (Phi) is 5.16. The number of carbonyl (C=O) groups is 3. The highest BCUT2D eigenvalue weighted by molar-refractivity contribution is 6.38. The smallest absolute Gasteiger partial charge is 0.287 e. The van der Waals surface area contributed by atoms with Crippen molar-refractivity contribution in [2.75, 3.05) is 0 Å². The minimum atomic E-state index is -1.09. The molecule has 0 fully saturated rings. The van der Waals surface area contributed by atoms with Gasteiger partial charge >= 0.3 is 0 Å². The van der Waals surface area contributed by atoms with Crippen molar-refractivity contribution in [3.63, 3.8) is 0 Å². The van der Waals surface area contributed by atoms with E-state index in [2.05, 4.69) is 15.4 Å². The standard InChI is InChI=1S/C19H19N5O3/c1-12-9-16(24(23-12)14-7-8-21-11-14)19(27)22-15(17(25)18(20)26)10-13-5-3-2-4-6-13/h2-9,11,15,21H,10H2,1H3,(H2,20,26)(H,22,27). The number of hydrogen-bond acceptors (Lipinski definition) is 4. The SMILES string of the molecule is Cc1cc(C(=O)NC(Cc2ccccc2)C(=O)C(N)=O)n(-c2cc[nH]c2)n1. The van der Waals surface area contributed by atoms with E-state index in [1.807, 2.05) is 30.3 Å². The summed E-state index contributed by atoms with van der Waals surface area (Å²) in [6.07, 6.45) is 3.56. The van der Waals surface area contributed by atoms with E-state index in [0.29, 0.717) is 11.4 Å². The summed E-state index contributed by atoms with van der Waals surface area (Å²) in [5, 5.41) is 6.92. The number of aromatic nitrogens is 3. The fraction of sp³-hybridized carbons (Fsp3) is 0.158. The van der Waals surface area contributed by atoms with Crippen LogP contribution in [0.3, 0.4) is 0 Å². The van der Waals surface area contributed by atoms with Gasteiger partial charge in [0.2, 0.25) is 5.78 Å². The summed E-state index contributed by atoms with van der Waals surface area (Å²) in [6.45, 7) is 1.76. The summed E-state index contributed by atoms with van der Waals surface area (Å²) in [5.74, 6) is -2.46. The molecule has 0 saturated carbocycles. The Morgan fingerprint density at radius 2 is 1.96 bits per heavy atom. The van der Waals surface area contributed by atoms with Crippen molar-refractivity contribution in [3.05, 3.63) is 71.8 Å². The molecule has 3 rings (SSSR count). The third kappa shape index (κ3) is 4.12. The predicted octanol–water partition coefficient (Wildman–Crippen LogP) is 0.904. The number of amides is 2. The number of aromatic amines is 1. The maximum Gasteiger partial charge on any atom is 0.287 e. The van der Waals surface area contributed by atoms with Gasteiger partial charge in [-0.1, -0.05) is 30.3 Å². The van der Waals surface area contributed by atoms with Crippen molar-refractivity contribution < 1.29 is 14.4 Å². The molecular weight excluding hydrogens is 346 g/mol. The molecule has 1 aromatic carbocycles. The van der Waals surface area contributed by atoms with Gasteiger partial charge < -0.3 is 16.0 Å². The Morgan fingerprint density at radius 3 is 2.59 bits per heavy atom. The van der Waals surface area contributed by atoms with Gasteiger partial charge in [0.05, 0.1) is 11.4 Å². The molecule has 1 unspecified atom stereocenters. The van der Waals surface area contributed by atoms with Gasteiger partial charge in [-0.2, -0.15) is 5.10 Å². The third-order valence-corrected chi connectivity index (χ3v) is 4.04. The Hall–Kier alpha value is -3.68. The first-order valence-electron chi connectivity index (χ1n) is 8.34. The molecule has 27 heavy (non-hydrogen) atoms. The van der Waals surface area contributed by atoms with Crippen LogP contribution in [-0.2, 0) is 16.0 Å². The summed E-state index contributed by atoms with van der Waals surface area (Å²) >= 11 is 0. The number of ketones is 1. The summed E-state index contributed by atoms with van der Waals surface area (Å²) in [7, 11) is 0. The molecule has 0 bridgehead atoms. The number of nitrogens with one attached hydrogen (secondary N) is 2. The summed E-state index contributed by atoms with van der Waals surface area (Å²) in [5.41, 5.74) is 7.52. The van der Waals surface area contributed by atoms with Crippen molar-refractivity contribution in [1.82, 2.24) is 20.1 Å². The second-order valence-corrected chi connectivity index (χ2v) is 6.10. The van der Waals surface area contributed by atoms with Crippen LogP contribution >= 0.6 is 0 Å². The zero-order valence-corrected chi connectivity index (χ0v) is 14.7. The normalized spacial score (nSPS) is 11.7. The number of aryl methyl sites for hydroxylation is 1. The van der Waals surface area contributed by atoms with E-state index in [1.54, 1.807) is 31.5 Å². The number of H-pyrrole nitrogens is 1. The molecule has 0 saturated heterocycles. The van der Waals surface area contributed by atoms with Crippen molar-refractivity contribution in [1.29, 1.82) is 0 Å². The van der Waals surface area contributed by atoms with E-state index in [9.17, 15) is 14.4 Å². The highest BCUT2D eigenvalue weighted by atomic mass is 16.2. The van der Waals surface area contributed by atoms with Crippen LogP contribution in [0.5, 0.6) is 0 Å². The summed E-state index contributed by atoms with van der Waals surface area (Å²) in [4.78, 5) is 39.3. The lowest BCUT2D eigenvalue weighted by Crippen LogP contribution is -2.47. The molecule has 2 heterocycles. The Bertz CT molecular complexity index is 961. The van der Waals surface area contributed by atoms with Gasteiger partial charge in [0, 0.05) is 18.8 Å². The zero-order chi connectivity index (χ0) is 19.4. The van der Waals surface area contributed by atoms with Gasteiger partial charge in [0.15, 0.2) is 0 Å². The molecule has 0 aliphatic rings. The molecule has 2 amide bonds. The fourth-order valence-corrected chi connectivity index (χ4v) is 2.77. The van der Waals surface area contributed by atoms with Crippen LogP contribution in [0.4, 0.5) is 0 Å². The Balaban J connectivity index is 1.87. The minimum absolute atomic E-state index is 0.158. The number of nitrogens with zero attached hydrogens (tertiary/aromatic N) is 2. The number of benzene rings is 1. The molecule has 138 valence electrons. The largest absolute Gasteiger partial charge is 0.366 e. The van der Waals surface area contributed by atoms with Crippen LogP contribution < -0.4 is 11.1 Å². The minimum Gasteiger partial charge on any atom is -0.366 e. The Labute approximate surface area is 155 Å². The molecule has 3 aromatic rings. The Morgan fingerprint density at radius 1 is 1.22 bits per heavy atom. The van der Waals surface area contributed by atoms with E-state index in [1.165, 1.54) is 4.68 Å². The van der Waals surface area contributed by atoms with E-state index < -0.39 is 23.6 Å². The summed E-state index contributed by atoms with van der Waals surface area (Å²) in [6, 6.07) is 11.4. The molecule has 0 aliphatic heterocycles. The van der Waals surface area contributed by atoms with Gasteiger partial charge in [0.25, 0.3) is 11.8 Å². The summed E-state index contributed by atoms with van der Waals surface area (Å²) < 4.78 is 1.47. The van der Waals surface area contributed by atoms with Crippen LogP contribution in [0.25, 0.3) is 5.69 Å². The number of primary amides is 1. The monoisotopic (exact) mass is 365 g/mol. The lowest BCUT2D eigenvalue weighted by Gasteiger charge is -2.16. The maximum atomic E-state index is 12.8. The second-order valence-electron chi connectivity index (χ2n) is 6.10. The zero-order valence-electron chi connectivity index (χ0n) is 14.7. The molecule has 8 heteroatoms. The van der Waals surface area contributed by atoms with Gasteiger partial charge in [-0.05, 0) is 24.6 Å². The van der Waals surface area contributed by atoms with Crippen molar-refractivity contribution in [2.45, 2.75) is 19.4 Å². The third-order valence-electron chi connectivity index (χ3n) is 4.04. The van der Waals surface area contributed by atoms with Crippen LogP contribution in [0.2, 0.25) is 0 Å². The highest BCUT2D eigenvalue weighted by Crippen LogP contribution is 2.13. The van der Waals surface area contributed by atoms with Crippen molar-refractivity contribution >= 4 is 17.6 Å². The molecule has 2 aromatic heterocycles. The topological polar surface area (TPSA) is 123 Å². The lowest BCUT2D eigenvalue weighted by molar-refractivity contribution is -0.137. The first-order chi connectivity index (χ1) is 13.0. The molecule has 4 N–H and O–H groups in total. The van der Waals surface area contributed by atoms with Crippen LogP contribution in [-0.4, -0.2) is 38.4 Å². The number of nitrogens with two attached hydrogens (primary N) is 1. The van der Waals surface area contributed by atoms with E-state index in [0.717, 1.165) is 5.56 Å². The van der Waals surface area contributed by atoms with E-state index in [4.69, 9.17) is 5.73 Å². The van der Waals surface area contributed by atoms with E-state index >= 15 is 0 Å². The van der Waals surface area contributed by atoms with Crippen LogP contribution in [0.1, 0.15) is 21.7 Å². The van der Waals surface area contributed by atoms with Gasteiger partial charge in [0.1, 0.15) is 11.7 Å². The molecular formula is C19H19N5O3. The average Bonchev–Trinajstić information content (AvgIpc) is 3.30.